The van der Waals surface area contributed by atoms with Gasteiger partial charge in [0.05, 0.1) is 19.1 Å². The number of phosphoric ester groups is 1. The average molecular weight is 695 g/mol. The third-order valence-corrected chi connectivity index (χ3v) is 6.34. The van der Waals surface area contributed by atoms with E-state index in [0.717, 1.165) is 25.2 Å². The van der Waals surface area contributed by atoms with Gasteiger partial charge in [-0.05, 0) is 12.1 Å². The van der Waals surface area contributed by atoms with E-state index in [4.69, 9.17) is 18.5 Å². The van der Waals surface area contributed by atoms with E-state index in [-0.39, 0.29) is 36.9 Å². The lowest BCUT2D eigenvalue weighted by molar-refractivity contribution is -0.793. The first-order valence-corrected chi connectivity index (χ1v) is 14.8. The summed E-state index contributed by atoms with van der Waals surface area (Å²) >= 11 is 0. The van der Waals surface area contributed by atoms with Crippen LogP contribution in [0.5, 0.6) is 11.5 Å². The van der Waals surface area contributed by atoms with Gasteiger partial charge in [-0.2, -0.15) is 0 Å². The standard InChI is InChI=1S/C23H23O10P.C6H8N2O6/c1-3-21(24)30-13-12-29-18-10-11-19(23(26)17-8-6-5-7-9-17)20(16-18)33-34(27,28)32-15-14-31-22(25)4-2;1-3-5(9)14-4-6(2,7(10)11)8(12)13/h3-11,16H,1-2,12-15H2,(H,27,28);3H,1,4H2,2H3. The van der Waals surface area contributed by atoms with E-state index in [1.165, 1.54) is 18.2 Å². The minimum absolute atomic E-state index is 0.0207. The van der Waals surface area contributed by atoms with Gasteiger partial charge in [-0.15, -0.1) is 0 Å². The van der Waals surface area contributed by atoms with E-state index in [0.29, 0.717) is 5.56 Å². The molecular weight excluding hydrogens is 663 g/mol. The number of esters is 3. The van der Waals surface area contributed by atoms with E-state index in [1.807, 2.05) is 0 Å². The highest BCUT2D eigenvalue weighted by Gasteiger charge is 2.52. The summed E-state index contributed by atoms with van der Waals surface area (Å²) in [5.41, 5.74) is -2.21. The lowest BCUT2D eigenvalue weighted by Crippen LogP contribution is -2.47. The van der Waals surface area contributed by atoms with Crippen LogP contribution in [0.1, 0.15) is 22.8 Å². The Hall–Kier alpha value is -5.71. The second-order valence-corrected chi connectivity index (χ2v) is 10.3. The highest BCUT2D eigenvalue weighted by molar-refractivity contribution is 7.47. The normalized spacial score (nSPS) is 11.5. The van der Waals surface area contributed by atoms with Crippen LogP contribution in [0.2, 0.25) is 0 Å². The van der Waals surface area contributed by atoms with Gasteiger partial charge in [0.2, 0.25) is 6.61 Å². The first kappa shape index (κ1) is 40.3. The van der Waals surface area contributed by atoms with Crippen molar-refractivity contribution in [1.82, 2.24) is 0 Å². The lowest BCUT2D eigenvalue weighted by Gasteiger charge is -2.17. The molecule has 0 aliphatic heterocycles. The predicted molar refractivity (Wildman–Crippen MR) is 164 cm³/mol. The van der Waals surface area contributed by atoms with Crippen LogP contribution in [-0.2, 0) is 37.7 Å². The summed E-state index contributed by atoms with van der Waals surface area (Å²) in [5.74, 6) is -2.86. The molecule has 0 saturated heterocycles. The van der Waals surface area contributed by atoms with E-state index in [9.17, 15) is 48.9 Å². The quantitative estimate of drug-likeness (QED) is 0.0255. The molecule has 0 spiro atoms. The van der Waals surface area contributed by atoms with Crippen molar-refractivity contribution in [3.05, 3.63) is 118 Å². The third-order valence-electron chi connectivity index (χ3n) is 5.40. The highest BCUT2D eigenvalue weighted by atomic mass is 31.2. The van der Waals surface area contributed by atoms with Crippen molar-refractivity contribution in [2.45, 2.75) is 12.6 Å². The Kier molecular flexibility index (Phi) is 16.6. The molecule has 0 heterocycles. The summed E-state index contributed by atoms with van der Waals surface area (Å²) in [7, 11) is -4.72. The van der Waals surface area contributed by atoms with Crippen molar-refractivity contribution in [3.63, 3.8) is 0 Å². The van der Waals surface area contributed by atoms with Gasteiger partial charge >= 0.3 is 31.4 Å². The molecule has 0 saturated carbocycles. The molecule has 48 heavy (non-hydrogen) atoms. The Balaban J connectivity index is 0.000000692. The number of ketones is 1. The summed E-state index contributed by atoms with van der Waals surface area (Å²) in [6.07, 6.45) is 2.70. The van der Waals surface area contributed by atoms with Crippen molar-refractivity contribution in [1.29, 1.82) is 0 Å². The molecule has 1 N–H and O–H groups in total. The van der Waals surface area contributed by atoms with Gasteiger partial charge in [0.25, 0.3) is 0 Å². The first-order valence-electron chi connectivity index (χ1n) is 13.3. The lowest BCUT2D eigenvalue weighted by atomic mass is 10.0. The molecule has 2 aromatic carbocycles. The van der Waals surface area contributed by atoms with E-state index in [2.05, 4.69) is 29.2 Å². The van der Waals surface area contributed by atoms with Crippen molar-refractivity contribution < 1.29 is 66.5 Å². The molecule has 2 aromatic rings. The van der Waals surface area contributed by atoms with Crippen LogP contribution < -0.4 is 9.26 Å². The molecule has 0 aliphatic rings. The number of nitrogens with zero attached hydrogens (tertiary/aromatic N) is 2. The van der Waals surface area contributed by atoms with Crippen LogP contribution >= 0.6 is 7.82 Å². The van der Waals surface area contributed by atoms with Gasteiger partial charge in [-0.25, -0.2) is 18.9 Å². The Bertz CT molecular complexity index is 1550. The number of phosphoric acid groups is 1. The Labute approximate surface area is 273 Å². The molecule has 0 radical (unpaired) electrons. The van der Waals surface area contributed by atoms with Gasteiger partial charge in [-0.3, -0.25) is 34.4 Å². The molecule has 19 heteroatoms. The summed E-state index contributed by atoms with van der Waals surface area (Å²) in [4.78, 5) is 74.1. The van der Waals surface area contributed by atoms with Crippen LogP contribution in [0.3, 0.4) is 0 Å². The number of rotatable bonds is 19. The number of hydrogen-bond acceptors (Lipinski definition) is 15. The second kappa shape index (κ2) is 19.7. The summed E-state index contributed by atoms with van der Waals surface area (Å²) < 4.78 is 41.5. The fraction of sp³-hybridized carbons (Fsp3) is 0.241. The molecule has 18 nitrogen and oxygen atoms in total. The number of hydrogen-bond donors (Lipinski definition) is 1. The van der Waals surface area contributed by atoms with Crippen molar-refractivity contribution in [3.8, 4) is 11.5 Å². The van der Waals surface area contributed by atoms with Crippen LogP contribution in [0.25, 0.3) is 0 Å². The minimum atomic E-state index is -4.72. The van der Waals surface area contributed by atoms with Crippen molar-refractivity contribution in [2.24, 2.45) is 0 Å². The molecule has 0 aliphatic carbocycles. The van der Waals surface area contributed by atoms with Gasteiger partial charge in [-0.1, -0.05) is 50.1 Å². The van der Waals surface area contributed by atoms with Gasteiger partial charge < -0.3 is 23.5 Å². The van der Waals surface area contributed by atoms with Crippen molar-refractivity contribution in [2.75, 3.05) is 33.0 Å². The molecule has 258 valence electrons. The van der Waals surface area contributed by atoms with Crippen LogP contribution in [0, 0.1) is 20.2 Å². The number of carbonyl (C=O) groups is 4. The molecule has 1 atom stereocenters. The number of carbonyl (C=O) groups excluding carboxylic acids is 4. The first-order chi connectivity index (χ1) is 22.6. The maximum absolute atomic E-state index is 12.9. The van der Waals surface area contributed by atoms with Gasteiger partial charge in [0.1, 0.15) is 41.2 Å². The predicted octanol–water partition coefficient (Wildman–Crippen LogP) is 3.24. The Morgan fingerprint density at radius 1 is 0.833 bits per heavy atom. The van der Waals surface area contributed by atoms with Gasteiger partial charge in [0, 0.05) is 29.9 Å². The zero-order valence-electron chi connectivity index (χ0n) is 25.4. The number of ether oxygens (including phenoxy) is 4. The highest BCUT2D eigenvalue weighted by Crippen LogP contribution is 2.45. The number of nitro groups is 2. The SMILES string of the molecule is C=CC(=O)OCC(C)([N+](=O)[O-])[N+](=O)[O-].C=CC(=O)OCCOc1ccc(C(=O)c2ccccc2)c(OP(=O)(O)OCCOC(=O)C=C)c1. The van der Waals surface area contributed by atoms with E-state index < -0.39 is 60.2 Å². The zero-order chi connectivity index (χ0) is 36.3. The molecular formula is C29H31N2O16P. The summed E-state index contributed by atoms with van der Waals surface area (Å²) in [6, 6.07) is 12.3. The fourth-order valence-electron chi connectivity index (χ4n) is 2.90. The van der Waals surface area contributed by atoms with Crippen LogP contribution in [0.4, 0.5) is 0 Å². The third kappa shape index (κ3) is 13.7. The fourth-order valence-corrected chi connectivity index (χ4v) is 3.66. The molecule has 0 fully saturated rings. The topological polar surface area (TPSA) is 247 Å². The zero-order valence-corrected chi connectivity index (χ0v) is 26.3. The summed E-state index contributed by atoms with van der Waals surface area (Å²) in [6.45, 7) is 8.49. The maximum atomic E-state index is 12.9. The van der Waals surface area contributed by atoms with Gasteiger partial charge in [0.15, 0.2) is 5.78 Å². The Morgan fingerprint density at radius 3 is 1.88 bits per heavy atom. The smallest absolute Gasteiger partial charge is 0.490 e. The average Bonchev–Trinajstić information content (AvgIpc) is 3.07. The molecule has 2 rings (SSSR count). The minimum Gasteiger partial charge on any atom is -0.490 e. The number of benzene rings is 2. The van der Waals surface area contributed by atoms with E-state index in [1.54, 1.807) is 30.3 Å². The van der Waals surface area contributed by atoms with Crippen LogP contribution in [-0.4, -0.2) is 77.1 Å². The maximum Gasteiger partial charge on any atom is 0.527 e. The molecule has 0 bridgehead atoms. The molecule has 0 aromatic heterocycles. The monoisotopic (exact) mass is 694 g/mol. The van der Waals surface area contributed by atoms with Crippen LogP contribution in [0.15, 0.2) is 86.5 Å². The van der Waals surface area contributed by atoms with Crippen molar-refractivity contribution >= 4 is 31.5 Å². The largest absolute Gasteiger partial charge is 0.527 e. The summed E-state index contributed by atoms with van der Waals surface area (Å²) in [5, 5.41) is 20.6. The second-order valence-electron chi connectivity index (χ2n) is 8.88. The van der Waals surface area contributed by atoms with E-state index >= 15 is 0 Å². The molecule has 1 unspecified atom stereocenters. The Morgan fingerprint density at radius 2 is 1.35 bits per heavy atom. The molecule has 0 amide bonds.